The third-order valence-corrected chi connectivity index (χ3v) is 3.57. The third kappa shape index (κ3) is 6.80. The van der Waals surface area contributed by atoms with Crippen molar-refractivity contribution in [1.82, 2.24) is 0 Å². The normalized spacial score (nSPS) is 14.1. The highest BCUT2D eigenvalue weighted by Crippen LogP contribution is 2.12. The molecule has 5 heteroatoms. The van der Waals surface area contributed by atoms with E-state index in [1.807, 2.05) is 6.92 Å². The molecule has 0 fully saturated rings. The summed E-state index contributed by atoms with van der Waals surface area (Å²) in [6, 6.07) is 6.34. The highest BCUT2D eigenvalue weighted by atomic mass is 35.5. The largest absolute Gasteiger partial charge is 0.462 e. The third-order valence-electron chi connectivity index (χ3n) is 3.32. The summed E-state index contributed by atoms with van der Waals surface area (Å²) in [5.41, 5.74) is 0.391. The van der Waals surface area contributed by atoms with E-state index in [0.717, 1.165) is 0 Å². The van der Waals surface area contributed by atoms with Crippen LogP contribution in [-0.2, 0) is 9.53 Å². The fourth-order valence-electron chi connectivity index (χ4n) is 1.79. The predicted octanol–water partition coefficient (Wildman–Crippen LogP) is 3.59. The molecule has 0 heterocycles. The van der Waals surface area contributed by atoms with Crippen molar-refractivity contribution in [3.05, 3.63) is 59.2 Å². The van der Waals surface area contributed by atoms with Crippen LogP contribution in [0.1, 0.15) is 30.6 Å². The summed E-state index contributed by atoms with van der Waals surface area (Å²) in [5.74, 6) is -1.20. The number of aliphatic hydroxyl groups excluding tert-OH is 1. The zero-order chi connectivity index (χ0) is 17.2. The van der Waals surface area contributed by atoms with Crippen LogP contribution in [0.2, 0.25) is 5.02 Å². The maximum absolute atomic E-state index is 11.8. The van der Waals surface area contributed by atoms with Crippen molar-refractivity contribution < 1.29 is 19.4 Å². The van der Waals surface area contributed by atoms with Crippen LogP contribution in [-0.4, -0.2) is 29.6 Å². The Balaban J connectivity index is 2.40. The average molecular weight is 337 g/mol. The average Bonchev–Trinajstić information content (AvgIpc) is 2.54. The van der Waals surface area contributed by atoms with Crippen molar-refractivity contribution in [3.63, 3.8) is 0 Å². The fourth-order valence-corrected chi connectivity index (χ4v) is 1.92. The lowest BCUT2D eigenvalue weighted by Crippen LogP contribution is -2.26. The minimum absolute atomic E-state index is 0.0405. The van der Waals surface area contributed by atoms with Crippen molar-refractivity contribution in [2.45, 2.75) is 26.4 Å². The zero-order valence-corrected chi connectivity index (χ0v) is 14.0. The van der Waals surface area contributed by atoms with Crippen LogP contribution in [0, 0.1) is 5.92 Å². The molecule has 2 unspecified atom stereocenters. The topological polar surface area (TPSA) is 63.6 Å². The summed E-state index contributed by atoms with van der Waals surface area (Å²) in [4.78, 5) is 23.6. The van der Waals surface area contributed by atoms with E-state index < -0.39 is 18.0 Å². The van der Waals surface area contributed by atoms with Crippen LogP contribution >= 0.6 is 11.6 Å². The van der Waals surface area contributed by atoms with E-state index in [1.54, 1.807) is 49.4 Å². The Morgan fingerprint density at radius 2 is 1.91 bits per heavy atom. The first-order valence-electron chi connectivity index (χ1n) is 7.39. The Bertz CT molecular complexity index is 575. The van der Waals surface area contributed by atoms with Crippen molar-refractivity contribution in [1.29, 1.82) is 0 Å². The number of carbonyl (C=O) groups excluding carboxylic acids is 2. The van der Waals surface area contributed by atoms with Gasteiger partial charge in [-0.2, -0.15) is 0 Å². The second kappa shape index (κ2) is 9.98. The van der Waals surface area contributed by atoms with Gasteiger partial charge in [-0.05, 0) is 37.3 Å². The van der Waals surface area contributed by atoms with Gasteiger partial charge in [0, 0.05) is 17.4 Å². The number of carbonyl (C=O) groups is 2. The first-order valence-corrected chi connectivity index (χ1v) is 7.77. The highest BCUT2D eigenvalue weighted by molar-refractivity contribution is 6.30. The van der Waals surface area contributed by atoms with Gasteiger partial charge in [-0.3, -0.25) is 4.79 Å². The molecule has 0 saturated carbocycles. The number of esters is 1. The number of hydrogen-bond donors (Lipinski definition) is 1. The van der Waals surface area contributed by atoms with Crippen molar-refractivity contribution >= 4 is 23.4 Å². The van der Waals surface area contributed by atoms with E-state index in [-0.39, 0.29) is 18.8 Å². The minimum Gasteiger partial charge on any atom is -0.462 e. The molecule has 0 aliphatic heterocycles. The van der Waals surface area contributed by atoms with Gasteiger partial charge in [0.15, 0.2) is 5.78 Å². The molecule has 2 atom stereocenters. The first-order chi connectivity index (χ1) is 11.0. The number of rotatable bonds is 8. The summed E-state index contributed by atoms with van der Waals surface area (Å²) in [6.45, 7) is 3.54. The minimum atomic E-state index is -0.865. The van der Waals surface area contributed by atoms with Crippen molar-refractivity contribution in [2.75, 3.05) is 6.61 Å². The molecule has 0 aliphatic carbocycles. The first kappa shape index (κ1) is 19.1. The number of halogens is 1. The predicted molar refractivity (Wildman–Crippen MR) is 90.5 cm³/mol. The van der Waals surface area contributed by atoms with Gasteiger partial charge in [0.1, 0.15) is 0 Å². The molecule has 0 spiro atoms. The Kier molecular flexibility index (Phi) is 8.30. The van der Waals surface area contributed by atoms with E-state index in [2.05, 4.69) is 0 Å². The van der Waals surface area contributed by atoms with Crippen LogP contribution in [0.3, 0.4) is 0 Å². The monoisotopic (exact) mass is 336 g/mol. The summed E-state index contributed by atoms with van der Waals surface area (Å²) in [7, 11) is 0. The number of ketones is 1. The fraction of sp³-hybridized carbons (Fsp3) is 0.333. The van der Waals surface area contributed by atoms with Gasteiger partial charge in [0.05, 0.1) is 18.3 Å². The van der Waals surface area contributed by atoms with E-state index in [0.29, 0.717) is 10.6 Å². The summed E-state index contributed by atoms with van der Waals surface area (Å²) in [5, 5.41) is 10.5. The summed E-state index contributed by atoms with van der Waals surface area (Å²) >= 11 is 5.75. The summed E-state index contributed by atoms with van der Waals surface area (Å²) < 4.78 is 5.08. The van der Waals surface area contributed by atoms with Crippen molar-refractivity contribution in [2.24, 2.45) is 5.92 Å². The number of allylic oxidation sites excluding steroid dienone is 4. The molecule has 1 rings (SSSR count). The van der Waals surface area contributed by atoms with E-state index >= 15 is 0 Å². The molecule has 0 radical (unpaired) electrons. The van der Waals surface area contributed by atoms with Gasteiger partial charge in [0.2, 0.25) is 0 Å². The highest BCUT2D eigenvalue weighted by Gasteiger charge is 2.20. The molecule has 0 aromatic heterocycles. The molecule has 1 N–H and O–H groups in total. The quantitative estimate of drug-likeness (QED) is 0.447. The Labute approximate surface area is 141 Å². The SMILES string of the molecule is CC=CC=CC(=O)C(C)C(O)CCOC(=O)c1ccc(Cl)cc1. The molecule has 23 heavy (non-hydrogen) atoms. The van der Waals surface area contributed by atoms with Crippen LogP contribution in [0.25, 0.3) is 0 Å². The lowest BCUT2D eigenvalue weighted by molar-refractivity contribution is -0.121. The van der Waals surface area contributed by atoms with Gasteiger partial charge < -0.3 is 9.84 Å². The van der Waals surface area contributed by atoms with Crippen LogP contribution in [0.15, 0.2) is 48.6 Å². The maximum atomic E-state index is 11.8. The standard InChI is InChI=1S/C18H21ClO4/c1-3-4-5-6-16(20)13(2)17(21)11-12-23-18(22)14-7-9-15(19)10-8-14/h3-10,13,17,21H,11-12H2,1-2H3. The van der Waals surface area contributed by atoms with Crippen LogP contribution < -0.4 is 0 Å². The molecule has 124 valence electrons. The van der Waals surface area contributed by atoms with Gasteiger partial charge in [0.25, 0.3) is 0 Å². The Morgan fingerprint density at radius 1 is 1.26 bits per heavy atom. The molecular weight excluding hydrogens is 316 g/mol. The molecule has 4 nitrogen and oxygen atoms in total. The number of ether oxygens (including phenoxy) is 1. The second-order valence-corrected chi connectivity index (χ2v) is 5.51. The van der Waals surface area contributed by atoms with Crippen LogP contribution in [0.4, 0.5) is 0 Å². The number of aliphatic hydroxyl groups is 1. The van der Waals surface area contributed by atoms with Crippen molar-refractivity contribution in [3.8, 4) is 0 Å². The molecule has 0 saturated heterocycles. The zero-order valence-electron chi connectivity index (χ0n) is 13.2. The molecule has 0 bridgehead atoms. The van der Waals surface area contributed by atoms with Crippen LogP contribution in [0.5, 0.6) is 0 Å². The van der Waals surface area contributed by atoms with E-state index in [4.69, 9.17) is 16.3 Å². The number of benzene rings is 1. The second-order valence-electron chi connectivity index (χ2n) is 5.07. The molecular formula is C18H21ClO4. The van der Waals surface area contributed by atoms with Gasteiger partial charge in [-0.15, -0.1) is 0 Å². The molecule has 1 aromatic rings. The smallest absolute Gasteiger partial charge is 0.338 e. The lowest BCUT2D eigenvalue weighted by atomic mass is 9.97. The van der Waals surface area contributed by atoms with E-state index in [9.17, 15) is 14.7 Å². The number of hydrogen-bond acceptors (Lipinski definition) is 4. The summed E-state index contributed by atoms with van der Waals surface area (Å²) in [6.07, 6.45) is 5.94. The Hall–Kier alpha value is -1.91. The van der Waals surface area contributed by atoms with Gasteiger partial charge in [-0.25, -0.2) is 4.79 Å². The maximum Gasteiger partial charge on any atom is 0.338 e. The molecule has 0 aliphatic rings. The van der Waals surface area contributed by atoms with Gasteiger partial charge in [-0.1, -0.05) is 36.8 Å². The van der Waals surface area contributed by atoms with Gasteiger partial charge >= 0.3 is 5.97 Å². The Morgan fingerprint density at radius 3 is 2.52 bits per heavy atom. The lowest BCUT2D eigenvalue weighted by Gasteiger charge is -2.16. The molecule has 0 amide bonds. The van der Waals surface area contributed by atoms with E-state index in [1.165, 1.54) is 6.08 Å². The molecule has 1 aromatic carbocycles.